The summed E-state index contributed by atoms with van der Waals surface area (Å²) >= 11 is 0. The second kappa shape index (κ2) is 4.96. The molecule has 3 atom stereocenters. The molecular formula is C17H23NO4. The van der Waals surface area contributed by atoms with E-state index in [1.54, 1.807) is 12.0 Å². The fourth-order valence-corrected chi connectivity index (χ4v) is 3.76. The fraction of sp³-hybridized carbons (Fsp3) is 0.588. The number of methoxy groups -OCH3 is 1. The Morgan fingerprint density at radius 3 is 2.59 bits per heavy atom. The van der Waals surface area contributed by atoms with Crippen molar-refractivity contribution < 1.29 is 19.7 Å². The van der Waals surface area contributed by atoms with E-state index in [1.165, 1.54) is 0 Å². The highest BCUT2D eigenvalue weighted by Gasteiger charge is 2.75. The first-order valence-corrected chi connectivity index (χ1v) is 7.66. The molecule has 1 saturated heterocycles. The van der Waals surface area contributed by atoms with Crippen LogP contribution in [0, 0.1) is 5.41 Å². The number of nitrogens with zero attached hydrogens (tertiary/aromatic N) is 1. The molecule has 1 amide bonds. The summed E-state index contributed by atoms with van der Waals surface area (Å²) in [6.45, 7) is 4.06. The summed E-state index contributed by atoms with van der Waals surface area (Å²) < 4.78 is 5.34. The van der Waals surface area contributed by atoms with E-state index in [1.807, 2.05) is 38.1 Å². The normalized spacial score (nSPS) is 33.1. The zero-order chi connectivity index (χ0) is 16.1. The number of amides is 1. The van der Waals surface area contributed by atoms with Crippen LogP contribution in [0.3, 0.4) is 0 Å². The third-order valence-electron chi connectivity index (χ3n) is 5.42. The lowest BCUT2D eigenvalue weighted by molar-refractivity contribution is -0.132. The molecule has 1 aliphatic heterocycles. The van der Waals surface area contributed by atoms with Crippen LogP contribution in [0.25, 0.3) is 0 Å². The second-order valence-corrected chi connectivity index (χ2v) is 6.84. The largest absolute Gasteiger partial charge is 0.496 e. The molecule has 2 fully saturated rings. The van der Waals surface area contributed by atoms with Crippen LogP contribution in [-0.2, 0) is 11.3 Å². The van der Waals surface area contributed by atoms with Gasteiger partial charge < -0.3 is 19.8 Å². The van der Waals surface area contributed by atoms with Gasteiger partial charge in [-0.05, 0) is 12.5 Å². The SMILES string of the molecule is COc1ccccc1CN1C(=O)CC[C@H]1[C@@]1(O)C(O)C1(C)C. The van der Waals surface area contributed by atoms with Gasteiger partial charge in [-0.1, -0.05) is 32.0 Å². The van der Waals surface area contributed by atoms with Gasteiger partial charge in [0.15, 0.2) is 0 Å². The molecule has 3 rings (SSSR count). The van der Waals surface area contributed by atoms with E-state index in [2.05, 4.69) is 0 Å². The fourth-order valence-electron chi connectivity index (χ4n) is 3.76. The van der Waals surface area contributed by atoms with Crippen LogP contribution in [0.5, 0.6) is 5.75 Å². The van der Waals surface area contributed by atoms with Gasteiger partial charge in [0.2, 0.25) is 5.91 Å². The molecule has 22 heavy (non-hydrogen) atoms. The molecule has 1 aromatic carbocycles. The van der Waals surface area contributed by atoms with E-state index < -0.39 is 17.1 Å². The Kier molecular flexibility index (Phi) is 3.45. The van der Waals surface area contributed by atoms with E-state index in [-0.39, 0.29) is 11.9 Å². The van der Waals surface area contributed by atoms with Crippen molar-refractivity contribution in [3.63, 3.8) is 0 Å². The van der Waals surface area contributed by atoms with Crippen molar-refractivity contribution >= 4 is 5.91 Å². The number of carbonyl (C=O) groups excluding carboxylic acids is 1. The van der Waals surface area contributed by atoms with Crippen molar-refractivity contribution in [1.82, 2.24) is 4.90 Å². The van der Waals surface area contributed by atoms with Crippen LogP contribution < -0.4 is 4.74 Å². The van der Waals surface area contributed by atoms with Gasteiger partial charge in [-0.25, -0.2) is 0 Å². The van der Waals surface area contributed by atoms with Crippen molar-refractivity contribution in [1.29, 1.82) is 0 Å². The minimum Gasteiger partial charge on any atom is -0.496 e. The zero-order valence-electron chi connectivity index (χ0n) is 13.2. The molecule has 5 heteroatoms. The Morgan fingerprint density at radius 1 is 1.36 bits per heavy atom. The minimum atomic E-state index is -1.22. The molecule has 1 heterocycles. The molecule has 0 radical (unpaired) electrons. The lowest BCUT2D eigenvalue weighted by Gasteiger charge is -2.31. The molecule has 2 N–H and O–H groups in total. The number of ether oxygens (including phenoxy) is 1. The van der Waals surface area contributed by atoms with Gasteiger partial charge in [0.1, 0.15) is 11.4 Å². The molecule has 2 aliphatic rings. The maximum absolute atomic E-state index is 12.3. The minimum absolute atomic E-state index is 0.0132. The Morgan fingerprint density at radius 2 is 2.00 bits per heavy atom. The molecule has 0 spiro atoms. The Hall–Kier alpha value is -1.59. The number of rotatable bonds is 4. The summed E-state index contributed by atoms with van der Waals surface area (Å²) in [5.41, 5.74) is -0.899. The van der Waals surface area contributed by atoms with Crippen molar-refractivity contribution in [3.05, 3.63) is 29.8 Å². The Bertz CT molecular complexity index is 600. The monoisotopic (exact) mass is 305 g/mol. The lowest BCUT2D eigenvalue weighted by atomic mass is 9.97. The highest BCUT2D eigenvalue weighted by molar-refractivity contribution is 5.79. The highest BCUT2D eigenvalue weighted by atomic mass is 16.5. The third kappa shape index (κ3) is 1.96. The number of hydrogen-bond donors (Lipinski definition) is 2. The van der Waals surface area contributed by atoms with E-state index in [4.69, 9.17) is 4.74 Å². The summed E-state index contributed by atoms with van der Waals surface area (Å²) in [6.07, 6.45) is 0.187. The number of hydrogen-bond acceptors (Lipinski definition) is 4. The molecular weight excluding hydrogens is 282 g/mol. The highest BCUT2D eigenvalue weighted by Crippen LogP contribution is 2.60. The number of aliphatic hydroxyl groups excluding tert-OH is 1. The molecule has 1 aromatic rings. The Balaban J connectivity index is 1.87. The van der Waals surface area contributed by atoms with Crippen molar-refractivity contribution in [3.8, 4) is 5.75 Å². The van der Waals surface area contributed by atoms with Crippen molar-refractivity contribution in [2.24, 2.45) is 5.41 Å². The molecule has 1 aliphatic carbocycles. The average molecular weight is 305 g/mol. The van der Waals surface area contributed by atoms with Crippen LogP contribution in [0.4, 0.5) is 0 Å². The topological polar surface area (TPSA) is 70.0 Å². The van der Waals surface area contributed by atoms with Gasteiger partial charge >= 0.3 is 0 Å². The number of aliphatic hydroxyl groups is 2. The van der Waals surface area contributed by atoms with E-state index in [0.717, 1.165) is 11.3 Å². The quantitative estimate of drug-likeness (QED) is 0.880. The summed E-state index contributed by atoms with van der Waals surface area (Å²) in [5, 5.41) is 21.0. The standard InChI is InChI=1S/C17H23NO4/c1-16(2)15(20)17(16,21)13-8-9-14(19)18(13)10-11-6-4-5-7-12(11)22-3/h4-7,13,15,20-21H,8-10H2,1-3H3/t13-,15?,17+/m0/s1. The van der Waals surface area contributed by atoms with Gasteiger partial charge in [-0.15, -0.1) is 0 Å². The number of likely N-dealkylation sites (tertiary alicyclic amines) is 1. The van der Waals surface area contributed by atoms with Gasteiger partial charge in [-0.2, -0.15) is 0 Å². The third-order valence-corrected chi connectivity index (χ3v) is 5.42. The van der Waals surface area contributed by atoms with Gasteiger partial charge in [0, 0.05) is 23.9 Å². The molecule has 120 valence electrons. The first kappa shape index (κ1) is 15.3. The van der Waals surface area contributed by atoms with E-state index in [9.17, 15) is 15.0 Å². The van der Waals surface area contributed by atoms with Crippen LogP contribution >= 0.6 is 0 Å². The van der Waals surface area contributed by atoms with Crippen LogP contribution in [0.2, 0.25) is 0 Å². The van der Waals surface area contributed by atoms with E-state index in [0.29, 0.717) is 19.4 Å². The second-order valence-electron chi connectivity index (χ2n) is 6.84. The van der Waals surface area contributed by atoms with Crippen LogP contribution in [0.1, 0.15) is 32.3 Å². The smallest absolute Gasteiger partial charge is 0.223 e. The predicted octanol–water partition coefficient (Wildman–Crippen LogP) is 1.32. The van der Waals surface area contributed by atoms with Crippen molar-refractivity contribution in [2.75, 3.05) is 7.11 Å². The summed E-state index contributed by atoms with van der Waals surface area (Å²) in [4.78, 5) is 14.0. The van der Waals surface area contributed by atoms with Crippen LogP contribution in [-0.4, -0.2) is 45.9 Å². The lowest BCUT2D eigenvalue weighted by Crippen LogP contribution is -2.45. The molecule has 1 unspecified atom stereocenters. The summed E-state index contributed by atoms with van der Waals surface area (Å²) in [5.74, 6) is 0.739. The predicted molar refractivity (Wildman–Crippen MR) is 81.3 cm³/mol. The molecule has 5 nitrogen and oxygen atoms in total. The first-order chi connectivity index (χ1) is 10.3. The van der Waals surface area contributed by atoms with Gasteiger partial charge in [0.25, 0.3) is 0 Å². The van der Waals surface area contributed by atoms with Gasteiger partial charge in [-0.3, -0.25) is 4.79 Å². The zero-order valence-corrected chi connectivity index (χ0v) is 13.2. The Labute approximate surface area is 130 Å². The first-order valence-electron chi connectivity index (χ1n) is 7.66. The molecule has 1 saturated carbocycles. The molecule has 0 aromatic heterocycles. The summed E-state index contributed by atoms with van der Waals surface area (Å²) in [7, 11) is 1.60. The number of carbonyl (C=O) groups is 1. The van der Waals surface area contributed by atoms with E-state index >= 15 is 0 Å². The van der Waals surface area contributed by atoms with Crippen molar-refractivity contribution in [2.45, 2.75) is 51.0 Å². The number of benzene rings is 1. The molecule has 0 bridgehead atoms. The summed E-state index contributed by atoms with van der Waals surface area (Å²) in [6, 6.07) is 7.20. The van der Waals surface area contributed by atoms with Gasteiger partial charge in [0.05, 0.1) is 19.3 Å². The maximum Gasteiger partial charge on any atom is 0.223 e. The number of para-hydroxylation sites is 1. The average Bonchev–Trinajstić information content (AvgIpc) is 2.78. The maximum atomic E-state index is 12.3. The van der Waals surface area contributed by atoms with Crippen LogP contribution in [0.15, 0.2) is 24.3 Å².